The van der Waals surface area contributed by atoms with Crippen molar-refractivity contribution in [3.63, 3.8) is 0 Å². The van der Waals surface area contributed by atoms with Crippen molar-refractivity contribution in [1.29, 1.82) is 0 Å². The molecule has 1 aliphatic heterocycles. The van der Waals surface area contributed by atoms with Crippen molar-refractivity contribution >= 4 is 12.0 Å². The van der Waals surface area contributed by atoms with E-state index in [9.17, 15) is 9.18 Å². The molecule has 0 aliphatic carbocycles. The third kappa shape index (κ3) is 4.46. The number of carbonyl (C=O) groups is 1. The molecule has 19 heavy (non-hydrogen) atoms. The van der Waals surface area contributed by atoms with E-state index in [1.165, 1.54) is 18.2 Å². The van der Waals surface area contributed by atoms with E-state index >= 15 is 0 Å². The highest BCUT2D eigenvalue weighted by molar-refractivity contribution is 5.85. The van der Waals surface area contributed by atoms with Crippen LogP contribution in [-0.2, 0) is 16.1 Å². The summed E-state index contributed by atoms with van der Waals surface area (Å²) in [5, 5.41) is 8.57. The van der Waals surface area contributed by atoms with Gasteiger partial charge in [-0.15, -0.1) is 0 Å². The Kier molecular flexibility index (Phi) is 4.65. The van der Waals surface area contributed by atoms with Crippen LogP contribution in [0.1, 0.15) is 11.1 Å². The molecular weight excluding hydrogens is 249 g/mol. The Morgan fingerprint density at radius 3 is 2.79 bits per heavy atom. The predicted molar refractivity (Wildman–Crippen MR) is 69.2 cm³/mol. The van der Waals surface area contributed by atoms with E-state index in [2.05, 4.69) is 4.90 Å². The fourth-order valence-electron chi connectivity index (χ4n) is 2.05. The quantitative estimate of drug-likeness (QED) is 0.843. The minimum Gasteiger partial charge on any atom is -0.478 e. The fraction of sp³-hybridized carbons (Fsp3) is 0.357. The largest absolute Gasteiger partial charge is 0.478 e. The number of nitrogens with zero attached hydrogens (tertiary/aromatic N) is 1. The number of hydrogen-bond donors (Lipinski definition) is 1. The van der Waals surface area contributed by atoms with Gasteiger partial charge in [0.05, 0.1) is 13.2 Å². The lowest BCUT2D eigenvalue weighted by Gasteiger charge is -2.26. The topological polar surface area (TPSA) is 49.8 Å². The lowest BCUT2D eigenvalue weighted by molar-refractivity contribution is -0.131. The molecule has 4 nitrogen and oxygen atoms in total. The maximum absolute atomic E-state index is 13.5. The number of aliphatic carboxylic acids is 1. The van der Waals surface area contributed by atoms with E-state index in [0.717, 1.165) is 24.7 Å². The molecule has 5 heteroatoms. The summed E-state index contributed by atoms with van der Waals surface area (Å²) in [7, 11) is 0. The number of benzene rings is 1. The summed E-state index contributed by atoms with van der Waals surface area (Å²) in [6.45, 7) is 3.70. The van der Waals surface area contributed by atoms with Crippen LogP contribution in [0, 0.1) is 5.82 Å². The molecule has 0 saturated carbocycles. The maximum atomic E-state index is 13.5. The van der Waals surface area contributed by atoms with Gasteiger partial charge in [-0.25, -0.2) is 9.18 Å². The second-order valence-corrected chi connectivity index (χ2v) is 4.45. The van der Waals surface area contributed by atoms with Gasteiger partial charge in [0, 0.05) is 25.7 Å². The molecule has 0 bridgehead atoms. The van der Waals surface area contributed by atoms with E-state index in [1.54, 1.807) is 6.07 Å². The average molecular weight is 265 g/mol. The molecule has 1 aromatic rings. The summed E-state index contributed by atoms with van der Waals surface area (Å²) in [5.74, 6) is -1.39. The van der Waals surface area contributed by atoms with Crippen LogP contribution in [0.3, 0.4) is 0 Å². The number of carboxylic acids is 1. The van der Waals surface area contributed by atoms with Gasteiger partial charge in [-0.2, -0.15) is 0 Å². The van der Waals surface area contributed by atoms with Gasteiger partial charge >= 0.3 is 5.97 Å². The first-order valence-corrected chi connectivity index (χ1v) is 6.14. The van der Waals surface area contributed by atoms with Crippen molar-refractivity contribution in [2.45, 2.75) is 6.54 Å². The van der Waals surface area contributed by atoms with Crippen LogP contribution in [0.15, 0.2) is 24.3 Å². The minimum atomic E-state index is -1.04. The van der Waals surface area contributed by atoms with Crippen LogP contribution >= 0.6 is 0 Å². The fourth-order valence-corrected chi connectivity index (χ4v) is 2.05. The Morgan fingerprint density at radius 2 is 2.11 bits per heavy atom. The molecule has 1 saturated heterocycles. The smallest absolute Gasteiger partial charge is 0.328 e. The standard InChI is InChI=1S/C14H16FNO3/c15-13-8-11(1-2-14(17)18)7-12(9-13)10-16-3-5-19-6-4-16/h1-2,7-9H,3-6,10H2,(H,17,18). The number of carboxylic acid groups (broad SMARTS) is 1. The summed E-state index contributed by atoms with van der Waals surface area (Å²) < 4.78 is 18.7. The Balaban J connectivity index is 2.09. The van der Waals surface area contributed by atoms with Gasteiger partial charge in [-0.1, -0.05) is 6.07 Å². The molecule has 0 spiro atoms. The third-order valence-corrected chi connectivity index (χ3v) is 2.91. The minimum absolute atomic E-state index is 0.351. The second kappa shape index (κ2) is 6.45. The lowest BCUT2D eigenvalue weighted by Crippen LogP contribution is -2.35. The summed E-state index contributed by atoms with van der Waals surface area (Å²) in [5.41, 5.74) is 1.40. The number of morpholine rings is 1. The van der Waals surface area contributed by atoms with Crippen LogP contribution in [0.5, 0.6) is 0 Å². The molecule has 0 unspecified atom stereocenters. The first kappa shape index (κ1) is 13.7. The molecular formula is C14H16FNO3. The van der Waals surface area contributed by atoms with Gasteiger partial charge < -0.3 is 9.84 Å². The van der Waals surface area contributed by atoms with E-state index < -0.39 is 5.97 Å². The summed E-state index contributed by atoms with van der Waals surface area (Å²) in [4.78, 5) is 12.6. The van der Waals surface area contributed by atoms with Crippen LogP contribution in [0.25, 0.3) is 6.08 Å². The Morgan fingerprint density at radius 1 is 1.37 bits per heavy atom. The molecule has 1 aromatic carbocycles. The highest BCUT2D eigenvalue weighted by atomic mass is 19.1. The van der Waals surface area contributed by atoms with Crippen molar-refractivity contribution in [3.8, 4) is 0 Å². The van der Waals surface area contributed by atoms with Gasteiger partial charge in [0.2, 0.25) is 0 Å². The van der Waals surface area contributed by atoms with Crippen LogP contribution in [-0.4, -0.2) is 42.3 Å². The van der Waals surface area contributed by atoms with Gasteiger partial charge in [0.15, 0.2) is 0 Å². The predicted octanol–water partition coefficient (Wildman–Crippen LogP) is 1.76. The number of ether oxygens (including phenoxy) is 1. The highest BCUT2D eigenvalue weighted by Gasteiger charge is 2.11. The van der Waals surface area contributed by atoms with E-state index in [-0.39, 0.29) is 5.82 Å². The SMILES string of the molecule is O=C(O)C=Cc1cc(F)cc(CN2CCOCC2)c1. The summed E-state index contributed by atoms with van der Waals surface area (Å²) in [6.07, 6.45) is 2.40. The zero-order valence-electron chi connectivity index (χ0n) is 10.5. The van der Waals surface area contributed by atoms with Gasteiger partial charge in [0.1, 0.15) is 5.82 Å². The van der Waals surface area contributed by atoms with Crippen molar-refractivity contribution in [2.24, 2.45) is 0 Å². The molecule has 1 heterocycles. The van der Waals surface area contributed by atoms with Crippen LogP contribution in [0.2, 0.25) is 0 Å². The van der Waals surface area contributed by atoms with Gasteiger partial charge in [-0.3, -0.25) is 4.90 Å². The Bertz CT molecular complexity index is 482. The Hall–Kier alpha value is -1.72. The molecule has 1 fully saturated rings. The zero-order chi connectivity index (χ0) is 13.7. The van der Waals surface area contributed by atoms with Gasteiger partial charge in [-0.05, 0) is 29.3 Å². The average Bonchev–Trinajstić information content (AvgIpc) is 2.37. The number of halogens is 1. The zero-order valence-corrected chi connectivity index (χ0v) is 10.5. The highest BCUT2D eigenvalue weighted by Crippen LogP contribution is 2.14. The summed E-state index contributed by atoms with van der Waals surface area (Å²) in [6, 6.07) is 4.60. The van der Waals surface area contributed by atoms with E-state index in [1.807, 2.05) is 0 Å². The first-order chi connectivity index (χ1) is 9.13. The molecule has 0 aromatic heterocycles. The molecule has 102 valence electrons. The number of hydrogen-bond acceptors (Lipinski definition) is 3. The van der Waals surface area contributed by atoms with Crippen molar-refractivity contribution in [2.75, 3.05) is 26.3 Å². The molecule has 1 N–H and O–H groups in total. The van der Waals surface area contributed by atoms with Crippen LogP contribution in [0.4, 0.5) is 4.39 Å². The maximum Gasteiger partial charge on any atom is 0.328 e. The first-order valence-electron chi connectivity index (χ1n) is 6.14. The van der Waals surface area contributed by atoms with Crippen molar-refractivity contribution in [1.82, 2.24) is 4.90 Å². The number of rotatable bonds is 4. The summed E-state index contributed by atoms with van der Waals surface area (Å²) >= 11 is 0. The molecule has 1 aliphatic rings. The Labute approximate surface area is 111 Å². The van der Waals surface area contributed by atoms with E-state index in [0.29, 0.717) is 25.3 Å². The lowest BCUT2D eigenvalue weighted by atomic mass is 10.1. The molecule has 0 amide bonds. The van der Waals surface area contributed by atoms with Gasteiger partial charge in [0.25, 0.3) is 0 Å². The normalized spacial score (nSPS) is 16.9. The van der Waals surface area contributed by atoms with Crippen LogP contribution < -0.4 is 0 Å². The monoisotopic (exact) mass is 265 g/mol. The third-order valence-electron chi connectivity index (χ3n) is 2.91. The van der Waals surface area contributed by atoms with E-state index in [4.69, 9.17) is 9.84 Å². The molecule has 0 atom stereocenters. The molecule has 2 rings (SSSR count). The molecule has 0 radical (unpaired) electrons. The second-order valence-electron chi connectivity index (χ2n) is 4.45. The van der Waals surface area contributed by atoms with Crippen molar-refractivity contribution < 1.29 is 19.0 Å². The van der Waals surface area contributed by atoms with Crippen molar-refractivity contribution in [3.05, 3.63) is 41.2 Å².